The van der Waals surface area contributed by atoms with Gasteiger partial charge in [-0.1, -0.05) is 36.4 Å². The summed E-state index contributed by atoms with van der Waals surface area (Å²) in [7, 11) is 0. The molecule has 4 aromatic rings. The lowest BCUT2D eigenvalue weighted by Gasteiger charge is -2.11. The molecule has 0 aliphatic carbocycles. The van der Waals surface area contributed by atoms with Crippen molar-refractivity contribution in [2.45, 2.75) is 32.5 Å². The standard InChI is InChI=1S/C22H20F3N7O/c1-15-13-19(32(28-15)18-10-5-9-17(14-18)22(23,24)25)26-20(33)11-6-12-31-29-21(27-30-31)16-7-3-2-4-8-16/h2-5,7-10,13-14H,6,11-12H2,1H3,(H,26,33). The van der Waals surface area contributed by atoms with Crippen molar-refractivity contribution < 1.29 is 18.0 Å². The Morgan fingerprint density at radius 3 is 2.58 bits per heavy atom. The number of hydrogen-bond donors (Lipinski definition) is 1. The second-order valence-electron chi connectivity index (χ2n) is 7.36. The first kappa shape index (κ1) is 22.2. The minimum absolute atomic E-state index is 0.162. The lowest BCUT2D eigenvalue weighted by atomic mass is 10.2. The van der Waals surface area contributed by atoms with Crippen LogP contribution in [0.15, 0.2) is 60.7 Å². The Hall–Kier alpha value is -4.02. The molecule has 1 amide bonds. The predicted molar refractivity (Wildman–Crippen MR) is 114 cm³/mol. The van der Waals surface area contributed by atoms with E-state index in [1.165, 1.54) is 21.6 Å². The van der Waals surface area contributed by atoms with Crippen LogP contribution in [0.2, 0.25) is 0 Å². The topological polar surface area (TPSA) is 90.5 Å². The Bertz CT molecular complexity index is 1250. The minimum Gasteiger partial charge on any atom is -0.311 e. The van der Waals surface area contributed by atoms with E-state index in [4.69, 9.17) is 0 Å². The summed E-state index contributed by atoms with van der Waals surface area (Å²) in [5.74, 6) is 0.495. The first-order valence-corrected chi connectivity index (χ1v) is 10.2. The molecule has 0 fully saturated rings. The van der Waals surface area contributed by atoms with Crippen molar-refractivity contribution in [3.63, 3.8) is 0 Å². The third-order valence-corrected chi connectivity index (χ3v) is 4.76. The molecule has 0 bridgehead atoms. The van der Waals surface area contributed by atoms with Crippen molar-refractivity contribution in [1.29, 1.82) is 0 Å². The van der Waals surface area contributed by atoms with Crippen LogP contribution in [0.4, 0.5) is 19.0 Å². The second kappa shape index (κ2) is 9.23. The van der Waals surface area contributed by atoms with Gasteiger partial charge < -0.3 is 5.32 Å². The molecule has 0 aliphatic rings. The summed E-state index contributed by atoms with van der Waals surface area (Å²) in [6.07, 6.45) is -3.86. The molecule has 0 radical (unpaired) electrons. The summed E-state index contributed by atoms with van der Waals surface area (Å²) in [6, 6.07) is 15.8. The Balaban J connectivity index is 1.38. The molecule has 1 N–H and O–H groups in total. The highest BCUT2D eigenvalue weighted by Gasteiger charge is 2.30. The molecule has 170 valence electrons. The number of hydrogen-bond acceptors (Lipinski definition) is 5. The molecule has 33 heavy (non-hydrogen) atoms. The number of anilines is 1. The molecule has 0 unspecified atom stereocenters. The van der Waals surface area contributed by atoms with Crippen LogP contribution in [-0.2, 0) is 17.5 Å². The van der Waals surface area contributed by atoms with Gasteiger partial charge in [-0.3, -0.25) is 4.79 Å². The number of tetrazole rings is 1. The zero-order valence-corrected chi connectivity index (χ0v) is 17.6. The number of carbonyl (C=O) groups excluding carboxylic acids is 1. The average Bonchev–Trinajstić information content (AvgIpc) is 3.40. The Kier molecular flexibility index (Phi) is 6.20. The van der Waals surface area contributed by atoms with Gasteiger partial charge in [0.05, 0.1) is 23.5 Å². The molecule has 2 aromatic carbocycles. The number of halogens is 3. The Labute approximate surface area is 187 Å². The number of benzene rings is 2. The second-order valence-corrected chi connectivity index (χ2v) is 7.36. The van der Waals surface area contributed by atoms with Crippen molar-refractivity contribution in [2.24, 2.45) is 0 Å². The number of alkyl halides is 3. The fourth-order valence-electron chi connectivity index (χ4n) is 3.23. The summed E-state index contributed by atoms with van der Waals surface area (Å²) < 4.78 is 40.5. The van der Waals surface area contributed by atoms with Gasteiger partial charge in [0.25, 0.3) is 0 Å². The molecule has 2 aromatic heterocycles. The van der Waals surface area contributed by atoms with Gasteiger partial charge in [0.15, 0.2) is 0 Å². The van der Waals surface area contributed by atoms with E-state index < -0.39 is 11.7 Å². The Morgan fingerprint density at radius 2 is 1.82 bits per heavy atom. The van der Waals surface area contributed by atoms with E-state index in [1.807, 2.05) is 30.3 Å². The highest BCUT2D eigenvalue weighted by Crippen LogP contribution is 2.31. The van der Waals surface area contributed by atoms with Crippen LogP contribution in [0.1, 0.15) is 24.1 Å². The molecule has 4 rings (SSSR count). The first-order valence-electron chi connectivity index (χ1n) is 10.2. The average molecular weight is 455 g/mol. The van der Waals surface area contributed by atoms with Gasteiger partial charge in [0.1, 0.15) is 5.82 Å². The van der Waals surface area contributed by atoms with Crippen LogP contribution in [0.5, 0.6) is 0 Å². The van der Waals surface area contributed by atoms with E-state index in [2.05, 4.69) is 25.8 Å². The van der Waals surface area contributed by atoms with Crippen LogP contribution in [0.3, 0.4) is 0 Å². The third kappa shape index (κ3) is 5.43. The SMILES string of the molecule is Cc1cc(NC(=O)CCCn2nnc(-c3ccccc3)n2)n(-c2cccc(C(F)(F)F)c2)n1. The maximum atomic E-state index is 13.1. The van der Waals surface area contributed by atoms with E-state index >= 15 is 0 Å². The van der Waals surface area contributed by atoms with E-state index in [0.717, 1.165) is 17.7 Å². The maximum Gasteiger partial charge on any atom is 0.416 e. The highest BCUT2D eigenvalue weighted by molar-refractivity contribution is 5.90. The quantitative estimate of drug-likeness (QED) is 0.449. The van der Waals surface area contributed by atoms with E-state index in [1.54, 1.807) is 13.0 Å². The maximum absolute atomic E-state index is 13.1. The molecule has 0 saturated heterocycles. The number of aromatic nitrogens is 6. The molecule has 2 heterocycles. The zero-order valence-electron chi connectivity index (χ0n) is 17.6. The Morgan fingerprint density at radius 1 is 1.03 bits per heavy atom. The van der Waals surface area contributed by atoms with Gasteiger partial charge in [-0.05, 0) is 36.8 Å². The molecule has 0 spiro atoms. The molecule has 8 nitrogen and oxygen atoms in total. The third-order valence-electron chi connectivity index (χ3n) is 4.76. The van der Waals surface area contributed by atoms with Gasteiger partial charge in [0, 0.05) is 18.1 Å². The van der Waals surface area contributed by atoms with E-state index in [-0.39, 0.29) is 18.0 Å². The molecular formula is C22H20F3N7O. The zero-order chi connectivity index (χ0) is 23.4. The monoisotopic (exact) mass is 455 g/mol. The van der Waals surface area contributed by atoms with Gasteiger partial charge in [-0.2, -0.15) is 23.1 Å². The predicted octanol–water partition coefficient (Wildman–Crippen LogP) is 4.27. The highest BCUT2D eigenvalue weighted by atomic mass is 19.4. The van der Waals surface area contributed by atoms with Crippen molar-refractivity contribution in [1.82, 2.24) is 30.0 Å². The minimum atomic E-state index is -4.47. The van der Waals surface area contributed by atoms with Gasteiger partial charge >= 0.3 is 6.18 Å². The summed E-state index contributed by atoms with van der Waals surface area (Å²) in [5, 5.41) is 19.3. The van der Waals surface area contributed by atoms with Crippen molar-refractivity contribution in [3.8, 4) is 17.1 Å². The normalized spacial score (nSPS) is 11.5. The van der Waals surface area contributed by atoms with Crippen molar-refractivity contribution >= 4 is 11.7 Å². The molecule has 0 atom stereocenters. The van der Waals surface area contributed by atoms with E-state index in [9.17, 15) is 18.0 Å². The first-order chi connectivity index (χ1) is 15.8. The van der Waals surface area contributed by atoms with Crippen LogP contribution in [0.25, 0.3) is 17.1 Å². The lowest BCUT2D eigenvalue weighted by Crippen LogP contribution is -2.16. The fourth-order valence-corrected chi connectivity index (χ4v) is 3.23. The van der Waals surface area contributed by atoms with Gasteiger partial charge in [-0.25, -0.2) is 4.68 Å². The molecule has 11 heteroatoms. The van der Waals surface area contributed by atoms with Crippen molar-refractivity contribution in [2.75, 3.05) is 5.32 Å². The number of carbonyl (C=O) groups is 1. The number of nitrogens with zero attached hydrogens (tertiary/aromatic N) is 6. The summed E-state index contributed by atoms with van der Waals surface area (Å²) in [4.78, 5) is 13.9. The molecule has 0 saturated carbocycles. The smallest absolute Gasteiger partial charge is 0.311 e. The summed E-state index contributed by atoms with van der Waals surface area (Å²) >= 11 is 0. The number of aryl methyl sites for hydroxylation is 2. The van der Waals surface area contributed by atoms with Crippen LogP contribution in [0, 0.1) is 6.92 Å². The van der Waals surface area contributed by atoms with E-state index in [0.29, 0.717) is 30.3 Å². The fraction of sp³-hybridized carbons (Fsp3) is 0.227. The van der Waals surface area contributed by atoms with Gasteiger partial charge in [0.2, 0.25) is 11.7 Å². The van der Waals surface area contributed by atoms with Crippen LogP contribution < -0.4 is 5.32 Å². The van der Waals surface area contributed by atoms with Gasteiger partial charge in [-0.15, -0.1) is 10.2 Å². The number of nitrogens with one attached hydrogen (secondary N) is 1. The van der Waals surface area contributed by atoms with Crippen LogP contribution in [-0.4, -0.2) is 35.9 Å². The largest absolute Gasteiger partial charge is 0.416 e. The lowest BCUT2D eigenvalue weighted by molar-refractivity contribution is -0.137. The van der Waals surface area contributed by atoms with Crippen molar-refractivity contribution in [3.05, 3.63) is 71.9 Å². The number of amides is 1. The summed E-state index contributed by atoms with van der Waals surface area (Å²) in [6.45, 7) is 2.08. The molecular weight excluding hydrogens is 435 g/mol. The summed E-state index contributed by atoms with van der Waals surface area (Å²) in [5.41, 5.74) is 0.816. The number of rotatable bonds is 7. The molecule has 0 aliphatic heterocycles. The van der Waals surface area contributed by atoms with Crippen LogP contribution >= 0.6 is 0 Å².